The molecule has 2 heterocycles. The van der Waals surface area contributed by atoms with Crippen LogP contribution in [0.3, 0.4) is 0 Å². The molecule has 0 aliphatic carbocycles. The van der Waals surface area contributed by atoms with Crippen molar-refractivity contribution in [1.29, 1.82) is 0 Å². The molecule has 4 rings (SSSR count). The van der Waals surface area contributed by atoms with E-state index < -0.39 is 16.4 Å². The van der Waals surface area contributed by atoms with Crippen LogP contribution in [0.5, 0.6) is 5.75 Å². The number of fused-ring (bicyclic) bond motifs is 1. The number of rotatable bonds is 8. The fraction of sp³-hybridized carbons (Fsp3) is 0.375. The minimum Gasteiger partial charge on any atom is -0.406 e. The lowest BCUT2D eigenvalue weighted by Gasteiger charge is -2.26. The first-order chi connectivity index (χ1) is 17.0. The fourth-order valence-electron chi connectivity index (χ4n) is 4.05. The summed E-state index contributed by atoms with van der Waals surface area (Å²) in [6.07, 6.45) is -4.50. The van der Waals surface area contributed by atoms with Gasteiger partial charge in [-0.25, -0.2) is 8.42 Å². The molecule has 1 aliphatic rings. The zero-order valence-electron chi connectivity index (χ0n) is 19.5. The van der Waals surface area contributed by atoms with Crippen LogP contribution in [-0.4, -0.2) is 57.5 Å². The van der Waals surface area contributed by atoms with E-state index in [-0.39, 0.29) is 30.5 Å². The van der Waals surface area contributed by atoms with Crippen LogP contribution in [-0.2, 0) is 21.4 Å². The highest BCUT2D eigenvalue weighted by atomic mass is 32.2. The Morgan fingerprint density at radius 1 is 1.11 bits per heavy atom. The van der Waals surface area contributed by atoms with Gasteiger partial charge in [-0.1, -0.05) is 30.3 Å². The van der Waals surface area contributed by atoms with Crippen LogP contribution >= 0.6 is 11.3 Å². The van der Waals surface area contributed by atoms with E-state index in [0.29, 0.717) is 36.6 Å². The monoisotopic (exact) mass is 541 g/mol. The summed E-state index contributed by atoms with van der Waals surface area (Å²) in [5.74, 6) is -0.590. The number of halogens is 3. The second-order valence-corrected chi connectivity index (χ2v) is 11.5. The number of hydrogen-bond acceptors (Lipinski definition) is 6. The highest BCUT2D eigenvalue weighted by Crippen LogP contribution is 2.39. The Kier molecular flexibility index (Phi) is 7.76. The van der Waals surface area contributed by atoms with Gasteiger partial charge in [-0.3, -0.25) is 14.0 Å². The van der Waals surface area contributed by atoms with Crippen molar-refractivity contribution in [2.75, 3.05) is 36.2 Å². The number of benzene rings is 2. The third kappa shape index (κ3) is 6.48. The van der Waals surface area contributed by atoms with Crippen molar-refractivity contribution in [3.8, 4) is 5.75 Å². The molecule has 1 fully saturated rings. The molecule has 0 bridgehead atoms. The van der Waals surface area contributed by atoms with Crippen LogP contribution in [0.25, 0.3) is 10.1 Å². The first-order valence-corrected chi connectivity index (χ1v) is 13.8. The number of thiophene rings is 1. The van der Waals surface area contributed by atoms with Crippen molar-refractivity contribution in [2.45, 2.75) is 26.3 Å². The lowest BCUT2D eigenvalue weighted by atomic mass is 10.2. The number of sulfonamides is 1. The van der Waals surface area contributed by atoms with Gasteiger partial charge < -0.3 is 10.1 Å². The second kappa shape index (κ2) is 10.7. The van der Waals surface area contributed by atoms with E-state index in [0.717, 1.165) is 15.6 Å². The molecule has 0 saturated carbocycles. The number of amides is 1. The largest absolute Gasteiger partial charge is 0.573 e. The fourth-order valence-corrected chi connectivity index (χ4v) is 7.06. The molecule has 194 valence electrons. The van der Waals surface area contributed by atoms with E-state index in [2.05, 4.69) is 10.1 Å². The number of ether oxygens (including phenoxy) is 1. The normalized spacial score (nSPS) is 15.5. The maximum Gasteiger partial charge on any atom is 0.573 e. The van der Waals surface area contributed by atoms with E-state index in [1.807, 2.05) is 36.1 Å². The molecular weight excluding hydrogens is 515 g/mol. The molecule has 0 atom stereocenters. The molecule has 1 aromatic heterocycles. The molecule has 1 saturated heterocycles. The van der Waals surface area contributed by atoms with E-state index in [9.17, 15) is 26.4 Å². The van der Waals surface area contributed by atoms with Gasteiger partial charge in [-0.15, -0.1) is 24.5 Å². The van der Waals surface area contributed by atoms with Gasteiger partial charge in [0, 0.05) is 37.3 Å². The lowest BCUT2D eigenvalue weighted by Crippen LogP contribution is -2.38. The molecule has 12 heteroatoms. The number of nitrogens with one attached hydrogen (secondary N) is 1. The summed E-state index contributed by atoms with van der Waals surface area (Å²) in [5, 5.41) is 4.29. The van der Waals surface area contributed by atoms with Gasteiger partial charge in [-0.2, -0.15) is 0 Å². The Balaban J connectivity index is 1.61. The number of aryl methyl sites for hydroxylation is 1. The molecular formula is C24H26F3N3O4S2. The number of nitrogens with zero attached hydrogens (tertiary/aromatic N) is 2. The molecule has 0 spiro atoms. The summed E-state index contributed by atoms with van der Waals surface area (Å²) in [6, 6.07) is 12.8. The van der Waals surface area contributed by atoms with E-state index in [1.54, 1.807) is 0 Å². The second-order valence-electron chi connectivity index (χ2n) is 8.48. The van der Waals surface area contributed by atoms with Gasteiger partial charge >= 0.3 is 6.36 Å². The Morgan fingerprint density at radius 2 is 1.83 bits per heavy atom. The third-order valence-corrected chi connectivity index (χ3v) is 9.03. The van der Waals surface area contributed by atoms with Crippen molar-refractivity contribution in [3.05, 3.63) is 59.7 Å². The quantitative estimate of drug-likeness (QED) is 0.461. The number of carbonyl (C=O) groups excluding carboxylic acids is 1. The zero-order valence-corrected chi connectivity index (χ0v) is 21.2. The van der Waals surface area contributed by atoms with Crippen LogP contribution < -0.4 is 14.4 Å². The van der Waals surface area contributed by atoms with Crippen molar-refractivity contribution in [3.63, 3.8) is 0 Å². The predicted molar refractivity (Wildman–Crippen MR) is 134 cm³/mol. The molecule has 36 heavy (non-hydrogen) atoms. The minimum atomic E-state index is -4.81. The smallest absolute Gasteiger partial charge is 0.406 e. The number of alkyl halides is 3. The van der Waals surface area contributed by atoms with Gasteiger partial charge in [-0.05, 0) is 41.6 Å². The molecule has 1 aliphatic heterocycles. The number of carbonyl (C=O) groups is 1. The summed E-state index contributed by atoms with van der Waals surface area (Å²) >= 11 is 1.36. The Morgan fingerprint density at radius 3 is 2.53 bits per heavy atom. The molecule has 1 amide bonds. The maximum absolute atomic E-state index is 13.7. The minimum absolute atomic E-state index is 0.0394. The van der Waals surface area contributed by atoms with E-state index in [1.165, 1.54) is 39.9 Å². The molecule has 0 unspecified atom stereocenters. The van der Waals surface area contributed by atoms with E-state index >= 15 is 0 Å². The summed E-state index contributed by atoms with van der Waals surface area (Å²) in [5.41, 5.74) is 1.34. The van der Waals surface area contributed by atoms with Crippen LogP contribution in [0.15, 0.2) is 48.5 Å². The van der Waals surface area contributed by atoms with Crippen molar-refractivity contribution >= 4 is 42.4 Å². The van der Waals surface area contributed by atoms with Crippen LogP contribution in [0.1, 0.15) is 17.5 Å². The molecule has 0 radical (unpaired) electrons. The molecule has 2 aromatic carbocycles. The Hall–Kier alpha value is -2.83. The summed E-state index contributed by atoms with van der Waals surface area (Å²) in [4.78, 5) is 13.6. The molecule has 1 N–H and O–H groups in total. The summed E-state index contributed by atoms with van der Waals surface area (Å²) in [7, 11) is -3.82. The van der Waals surface area contributed by atoms with Crippen molar-refractivity contribution < 1.29 is 31.1 Å². The molecule has 3 aromatic rings. The summed E-state index contributed by atoms with van der Waals surface area (Å²) < 4.78 is 71.1. The highest BCUT2D eigenvalue weighted by molar-refractivity contribution is 7.93. The van der Waals surface area contributed by atoms with Crippen molar-refractivity contribution in [2.24, 2.45) is 0 Å². The Labute approximate surface area is 211 Å². The van der Waals surface area contributed by atoms with Gasteiger partial charge in [0.25, 0.3) is 0 Å². The summed E-state index contributed by atoms with van der Waals surface area (Å²) in [6.45, 7) is 3.58. The van der Waals surface area contributed by atoms with Gasteiger partial charge in [0.05, 0.1) is 12.3 Å². The average Bonchev–Trinajstić information content (AvgIpc) is 2.99. The van der Waals surface area contributed by atoms with E-state index in [4.69, 9.17) is 0 Å². The number of anilines is 1. The standard InChI is InChI=1S/C24H26F3N3O4S2/c1-17-20-4-2-3-5-21(20)35-23(17)30(16-18-6-8-19(9-7-18)34-24(25,26)27)36(32,33)15-14-29-12-10-22(31)28-11-13-29/h2-9H,10-16H2,1H3,(H,28,31). The first kappa shape index (κ1) is 26.2. The van der Waals surface area contributed by atoms with Crippen LogP contribution in [0.4, 0.5) is 18.2 Å². The van der Waals surface area contributed by atoms with Gasteiger partial charge in [0.1, 0.15) is 10.8 Å². The Bertz CT molecular complexity index is 1320. The molecule has 7 nitrogen and oxygen atoms in total. The van der Waals surface area contributed by atoms with Gasteiger partial charge in [0.2, 0.25) is 15.9 Å². The lowest BCUT2D eigenvalue weighted by molar-refractivity contribution is -0.274. The maximum atomic E-state index is 13.7. The van der Waals surface area contributed by atoms with Crippen molar-refractivity contribution in [1.82, 2.24) is 10.2 Å². The topological polar surface area (TPSA) is 79.0 Å². The first-order valence-electron chi connectivity index (χ1n) is 11.3. The SMILES string of the molecule is Cc1c(N(Cc2ccc(OC(F)(F)F)cc2)S(=O)(=O)CCN2CCNC(=O)CC2)sc2ccccc12. The average molecular weight is 542 g/mol. The van der Waals surface area contributed by atoms with Crippen LogP contribution in [0, 0.1) is 6.92 Å². The zero-order chi connectivity index (χ0) is 25.9. The highest BCUT2D eigenvalue weighted by Gasteiger charge is 2.31. The number of hydrogen-bond donors (Lipinski definition) is 1. The third-order valence-electron chi connectivity index (χ3n) is 5.93. The van der Waals surface area contributed by atoms with Crippen LogP contribution in [0.2, 0.25) is 0 Å². The van der Waals surface area contributed by atoms with Gasteiger partial charge in [0.15, 0.2) is 0 Å². The predicted octanol–water partition coefficient (Wildman–Crippen LogP) is 4.27.